The summed E-state index contributed by atoms with van der Waals surface area (Å²) in [6.07, 6.45) is 0. The van der Waals surface area contributed by atoms with Crippen LogP contribution in [0.5, 0.6) is 0 Å². The summed E-state index contributed by atoms with van der Waals surface area (Å²) in [5.41, 5.74) is 0.111. The molecule has 18 heavy (non-hydrogen) atoms. The Kier molecular flexibility index (Phi) is 3.66. The van der Waals surface area contributed by atoms with Crippen molar-refractivity contribution in [2.75, 3.05) is 26.2 Å². The molecule has 1 heterocycles. The minimum atomic E-state index is -1.04. The lowest BCUT2D eigenvalue weighted by atomic mass is 10.1. The Hall–Kier alpha value is -1.82. The number of piperazine rings is 1. The van der Waals surface area contributed by atoms with Gasteiger partial charge in [0.1, 0.15) is 0 Å². The smallest absolute Gasteiger partial charge is 0.234 e. The molecule has 1 saturated heterocycles. The molecule has 4 nitrogen and oxygen atoms in total. The van der Waals surface area contributed by atoms with Crippen molar-refractivity contribution in [1.82, 2.24) is 10.2 Å². The number of hydrogen-bond acceptors (Lipinski definition) is 3. The van der Waals surface area contributed by atoms with E-state index in [0.29, 0.717) is 13.1 Å². The molecule has 0 aromatic heterocycles. The second-order valence-corrected chi connectivity index (χ2v) is 4.11. The van der Waals surface area contributed by atoms with Crippen LogP contribution in [0.25, 0.3) is 0 Å². The zero-order valence-corrected chi connectivity index (χ0v) is 9.58. The van der Waals surface area contributed by atoms with Gasteiger partial charge in [0.05, 0.1) is 13.1 Å². The molecule has 0 aliphatic carbocycles. The summed E-state index contributed by atoms with van der Waals surface area (Å²) in [5, 5.41) is 2.64. The fourth-order valence-electron chi connectivity index (χ4n) is 1.79. The van der Waals surface area contributed by atoms with Gasteiger partial charge in [-0.2, -0.15) is 0 Å². The van der Waals surface area contributed by atoms with Crippen molar-refractivity contribution in [3.8, 4) is 0 Å². The van der Waals surface area contributed by atoms with Gasteiger partial charge in [0.15, 0.2) is 17.4 Å². The van der Waals surface area contributed by atoms with Gasteiger partial charge in [0.25, 0.3) is 0 Å². The van der Waals surface area contributed by atoms with Gasteiger partial charge >= 0.3 is 0 Å². The Labute approximate surface area is 103 Å². The quantitative estimate of drug-likeness (QED) is 0.803. The Morgan fingerprint density at radius 2 is 2.11 bits per heavy atom. The van der Waals surface area contributed by atoms with Crippen molar-refractivity contribution in [1.29, 1.82) is 0 Å². The summed E-state index contributed by atoms with van der Waals surface area (Å²) in [7, 11) is 0. The van der Waals surface area contributed by atoms with E-state index in [2.05, 4.69) is 5.32 Å². The van der Waals surface area contributed by atoms with E-state index in [1.165, 1.54) is 6.07 Å². The van der Waals surface area contributed by atoms with Crippen LogP contribution in [0.4, 0.5) is 8.78 Å². The van der Waals surface area contributed by atoms with Crippen LogP contribution in [0.3, 0.4) is 0 Å². The number of ketones is 1. The maximum absolute atomic E-state index is 13.0. The lowest BCUT2D eigenvalue weighted by Crippen LogP contribution is -2.49. The molecule has 2 rings (SSSR count). The molecule has 1 fully saturated rings. The van der Waals surface area contributed by atoms with Crippen LogP contribution in [0.15, 0.2) is 18.2 Å². The molecular formula is C12H12F2N2O2. The Morgan fingerprint density at radius 1 is 1.33 bits per heavy atom. The van der Waals surface area contributed by atoms with Crippen LogP contribution in [0.2, 0.25) is 0 Å². The summed E-state index contributed by atoms with van der Waals surface area (Å²) in [5.74, 6) is -2.50. The SMILES string of the molecule is O=C1CN(CC(=O)c2ccc(F)c(F)c2)CCN1. The minimum absolute atomic E-state index is 0.0263. The number of nitrogens with one attached hydrogen (secondary N) is 1. The Morgan fingerprint density at radius 3 is 2.78 bits per heavy atom. The van der Waals surface area contributed by atoms with Gasteiger partial charge in [-0.05, 0) is 18.2 Å². The first-order chi connectivity index (χ1) is 8.56. The van der Waals surface area contributed by atoms with E-state index in [0.717, 1.165) is 12.1 Å². The lowest BCUT2D eigenvalue weighted by Gasteiger charge is -2.25. The number of carbonyl (C=O) groups is 2. The molecule has 0 bridgehead atoms. The average Bonchev–Trinajstić information content (AvgIpc) is 2.32. The normalized spacial score (nSPS) is 16.4. The molecule has 0 atom stereocenters. The molecule has 0 radical (unpaired) electrons. The fourth-order valence-corrected chi connectivity index (χ4v) is 1.79. The van der Waals surface area contributed by atoms with Crippen molar-refractivity contribution in [3.63, 3.8) is 0 Å². The number of Topliss-reactive ketones (excluding diaryl/α,β-unsaturated/α-hetero) is 1. The van der Waals surface area contributed by atoms with Crippen LogP contribution >= 0.6 is 0 Å². The van der Waals surface area contributed by atoms with E-state index in [1.807, 2.05) is 0 Å². The molecule has 1 aliphatic rings. The van der Waals surface area contributed by atoms with E-state index in [-0.39, 0.29) is 30.3 Å². The first kappa shape index (κ1) is 12.6. The average molecular weight is 254 g/mol. The third kappa shape index (κ3) is 2.89. The third-order valence-electron chi connectivity index (χ3n) is 2.73. The lowest BCUT2D eigenvalue weighted by molar-refractivity contribution is -0.123. The van der Waals surface area contributed by atoms with Gasteiger partial charge < -0.3 is 5.32 Å². The maximum atomic E-state index is 13.0. The number of hydrogen-bond donors (Lipinski definition) is 1. The molecule has 0 spiro atoms. The Bertz CT molecular complexity index is 491. The second kappa shape index (κ2) is 5.22. The molecule has 1 aromatic rings. The number of rotatable bonds is 3. The first-order valence-corrected chi connectivity index (χ1v) is 5.53. The summed E-state index contributed by atoms with van der Waals surface area (Å²) in [6.45, 7) is 1.24. The zero-order chi connectivity index (χ0) is 13.1. The minimum Gasteiger partial charge on any atom is -0.354 e. The maximum Gasteiger partial charge on any atom is 0.234 e. The van der Waals surface area contributed by atoms with E-state index in [4.69, 9.17) is 0 Å². The molecule has 1 N–H and O–H groups in total. The van der Waals surface area contributed by atoms with Crippen molar-refractivity contribution in [2.45, 2.75) is 0 Å². The van der Waals surface area contributed by atoms with Gasteiger partial charge in [-0.25, -0.2) is 8.78 Å². The van der Waals surface area contributed by atoms with Gasteiger partial charge in [-0.1, -0.05) is 0 Å². The second-order valence-electron chi connectivity index (χ2n) is 4.11. The molecular weight excluding hydrogens is 242 g/mol. The van der Waals surface area contributed by atoms with Gasteiger partial charge in [-0.15, -0.1) is 0 Å². The molecule has 1 amide bonds. The largest absolute Gasteiger partial charge is 0.354 e. The van der Waals surface area contributed by atoms with Gasteiger partial charge in [0, 0.05) is 18.7 Å². The van der Waals surface area contributed by atoms with E-state index in [9.17, 15) is 18.4 Å². The van der Waals surface area contributed by atoms with Crippen LogP contribution in [-0.2, 0) is 4.79 Å². The predicted octanol–water partition coefficient (Wildman–Crippen LogP) is 0.579. The number of benzene rings is 1. The van der Waals surface area contributed by atoms with Crippen molar-refractivity contribution in [3.05, 3.63) is 35.4 Å². The molecule has 6 heteroatoms. The van der Waals surface area contributed by atoms with E-state index in [1.54, 1.807) is 4.90 Å². The molecule has 0 unspecified atom stereocenters. The predicted molar refractivity (Wildman–Crippen MR) is 60.1 cm³/mol. The van der Waals surface area contributed by atoms with Crippen molar-refractivity contribution in [2.24, 2.45) is 0 Å². The highest BCUT2D eigenvalue weighted by atomic mass is 19.2. The number of nitrogens with zero attached hydrogens (tertiary/aromatic N) is 1. The molecule has 96 valence electrons. The Balaban J connectivity index is 2.02. The number of halogens is 2. The zero-order valence-electron chi connectivity index (χ0n) is 9.58. The summed E-state index contributed by atoms with van der Waals surface area (Å²) >= 11 is 0. The standard InChI is InChI=1S/C12H12F2N2O2/c13-9-2-1-8(5-10(9)14)11(17)6-16-4-3-15-12(18)7-16/h1-2,5H,3-4,6-7H2,(H,15,18). The fraction of sp³-hybridized carbons (Fsp3) is 0.333. The summed E-state index contributed by atoms with van der Waals surface area (Å²) in [6, 6.07) is 3.04. The third-order valence-corrected chi connectivity index (χ3v) is 2.73. The van der Waals surface area contributed by atoms with Crippen LogP contribution in [0.1, 0.15) is 10.4 Å². The van der Waals surface area contributed by atoms with Gasteiger partial charge in [0.2, 0.25) is 5.91 Å². The number of carbonyl (C=O) groups excluding carboxylic acids is 2. The summed E-state index contributed by atoms with van der Waals surface area (Å²) in [4.78, 5) is 24.6. The van der Waals surface area contributed by atoms with Crippen molar-refractivity contribution >= 4 is 11.7 Å². The van der Waals surface area contributed by atoms with E-state index < -0.39 is 11.6 Å². The van der Waals surface area contributed by atoms with Gasteiger partial charge in [-0.3, -0.25) is 14.5 Å². The molecule has 1 aromatic carbocycles. The van der Waals surface area contributed by atoms with Crippen LogP contribution in [-0.4, -0.2) is 42.8 Å². The molecule has 1 aliphatic heterocycles. The highest BCUT2D eigenvalue weighted by Crippen LogP contribution is 2.10. The molecule has 0 saturated carbocycles. The summed E-state index contributed by atoms with van der Waals surface area (Å²) < 4.78 is 25.7. The van der Waals surface area contributed by atoms with Crippen LogP contribution in [0, 0.1) is 11.6 Å². The van der Waals surface area contributed by atoms with E-state index >= 15 is 0 Å². The highest BCUT2D eigenvalue weighted by molar-refractivity contribution is 5.97. The van der Waals surface area contributed by atoms with Crippen molar-refractivity contribution < 1.29 is 18.4 Å². The highest BCUT2D eigenvalue weighted by Gasteiger charge is 2.19. The van der Waals surface area contributed by atoms with Crippen LogP contribution < -0.4 is 5.32 Å². The first-order valence-electron chi connectivity index (χ1n) is 5.53. The monoisotopic (exact) mass is 254 g/mol. The number of amides is 1. The topological polar surface area (TPSA) is 49.4 Å².